The summed E-state index contributed by atoms with van der Waals surface area (Å²) >= 11 is 1.17. The number of para-hydroxylation sites is 2. The van der Waals surface area contributed by atoms with Gasteiger partial charge < -0.3 is 14.8 Å². The molecule has 0 aliphatic rings. The molecule has 1 N–H and O–H groups in total. The molecule has 1 aromatic heterocycles. The van der Waals surface area contributed by atoms with E-state index in [9.17, 15) is 9.59 Å². The molecule has 1 amide bonds. The first kappa shape index (κ1) is 17.0. The maximum Gasteiger partial charge on any atom is 0.308 e. The predicted molar refractivity (Wildman–Crippen MR) is 98.9 cm³/mol. The van der Waals surface area contributed by atoms with Crippen molar-refractivity contribution in [2.45, 2.75) is 13.5 Å². The Hall–Kier alpha value is -2.80. The van der Waals surface area contributed by atoms with Crippen LogP contribution in [0.15, 0.2) is 47.3 Å². The van der Waals surface area contributed by atoms with E-state index in [1.165, 1.54) is 11.3 Å². The topological polar surface area (TPSA) is 69.6 Å². The summed E-state index contributed by atoms with van der Waals surface area (Å²) in [5, 5.41) is 2.78. The summed E-state index contributed by atoms with van der Waals surface area (Å²) in [5.74, 6) is 0.795. The molecular weight excluding hydrogens is 340 g/mol. The number of aryl methyl sites for hydroxylation is 1. The zero-order chi connectivity index (χ0) is 17.8. The highest BCUT2D eigenvalue weighted by atomic mass is 32.1. The first-order valence-electron chi connectivity index (χ1n) is 7.81. The number of benzene rings is 2. The van der Waals surface area contributed by atoms with E-state index < -0.39 is 0 Å². The van der Waals surface area contributed by atoms with Crippen molar-refractivity contribution in [3.63, 3.8) is 0 Å². The smallest absolute Gasteiger partial charge is 0.308 e. The maximum absolute atomic E-state index is 12.1. The van der Waals surface area contributed by atoms with Crippen molar-refractivity contribution >= 4 is 33.1 Å². The first-order valence-corrected chi connectivity index (χ1v) is 8.63. The molecule has 0 spiro atoms. The largest absolute Gasteiger partial charge is 0.493 e. The second kappa shape index (κ2) is 7.40. The number of amides is 1. The number of ether oxygens (including phenoxy) is 2. The van der Waals surface area contributed by atoms with Crippen LogP contribution in [-0.4, -0.2) is 24.2 Å². The van der Waals surface area contributed by atoms with Crippen LogP contribution in [0.25, 0.3) is 10.2 Å². The number of aromatic nitrogens is 1. The van der Waals surface area contributed by atoms with Crippen LogP contribution in [0.5, 0.6) is 11.5 Å². The zero-order valence-electron chi connectivity index (χ0n) is 13.9. The molecule has 25 heavy (non-hydrogen) atoms. The highest BCUT2D eigenvalue weighted by molar-refractivity contribution is 7.16. The Labute approximate surface area is 148 Å². The molecule has 0 saturated carbocycles. The third-order valence-electron chi connectivity index (χ3n) is 3.70. The van der Waals surface area contributed by atoms with Gasteiger partial charge in [0.05, 0.1) is 17.3 Å². The second-order valence-electron chi connectivity index (χ2n) is 5.28. The van der Waals surface area contributed by atoms with Crippen LogP contribution in [0.3, 0.4) is 0 Å². The van der Waals surface area contributed by atoms with Crippen LogP contribution < -0.4 is 19.7 Å². The summed E-state index contributed by atoms with van der Waals surface area (Å²) in [6.07, 6.45) is 0. The summed E-state index contributed by atoms with van der Waals surface area (Å²) in [5.41, 5.74) is 1.51. The van der Waals surface area contributed by atoms with Crippen LogP contribution in [0.2, 0.25) is 0 Å². The molecule has 0 aliphatic heterocycles. The number of hydrogen-bond donors (Lipinski definition) is 1. The first-order chi connectivity index (χ1) is 12.1. The minimum Gasteiger partial charge on any atom is -0.493 e. The molecule has 1 heterocycles. The summed E-state index contributed by atoms with van der Waals surface area (Å²) in [6.45, 7) is 2.42. The third kappa shape index (κ3) is 3.66. The van der Waals surface area contributed by atoms with E-state index in [1.54, 1.807) is 35.9 Å². The number of anilines is 1. The van der Waals surface area contributed by atoms with Crippen LogP contribution >= 0.6 is 11.3 Å². The number of carbonyl (C=O) groups is 1. The van der Waals surface area contributed by atoms with Crippen LogP contribution in [0.1, 0.15) is 6.92 Å². The van der Waals surface area contributed by atoms with Crippen molar-refractivity contribution in [3.8, 4) is 11.5 Å². The van der Waals surface area contributed by atoms with Gasteiger partial charge in [0.1, 0.15) is 0 Å². The summed E-state index contributed by atoms with van der Waals surface area (Å²) in [4.78, 5) is 24.0. The minimum absolute atomic E-state index is 0.000447. The monoisotopic (exact) mass is 358 g/mol. The standard InChI is InChI=1S/C18H18N2O4S/c1-3-20-13-9-8-12(10-16(13)25-18(20)22)19-17(21)11-24-15-7-5-4-6-14(15)23-2/h4-10H,3,11H2,1-2H3,(H,19,21). The lowest BCUT2D eigenvalue weighted by atomic mass is 10.3. The third-order valence-corrected chi connectivity index (χ3v) is 4.64. The number of nitrogens with zero attached hydrogens (tertiary/aromatic N) is 1. The normalized spacial score (nSPS) is 10.6. The van der Waals surface area contributed by atoms with Gasteiger partial charge in [-0.25, -0.2) is 0 Å². The second-order valence-corrected chi connectivity index (χ2v) is 6.28. The average Bonchev–Trinajstić information content (AvgIpc) is 2.94. The quantitative estimate of drug-likeness (QED) is 0.735. The highest BCUT2D eigenvalue weighted by Crippen LogP contribution is 2.26. The predicted octanol–water partition coefficient (Wildman–Crippen LogP) is 3.11. The summed E-state index contributed by atoms with van der Waals surface area (Å²) in [6, 6.07) is 12.6. The number of thiazole rings is 1. The number of nitrogens with one attached hydrogen (secondary N) is 1. The Morgan fingerprint density at radius 3 is 2.68 bits per heavy atom. The van der Waals surface area contributed by atoms with E-state index in [0.29, 0.717) is 23.7 Å². The maximum atomic E-state index is 12.1. The number of fused-ring (bicyclic) bond motifs is 1. The molecule has 2 aromatic carbocycles. The van der Waals surface area contributed by atoms with Crippen molar-refractivity contribution in [3.05, 3.63) is 52.1 Å². The molecule has 130 valence electrons. The van der Waals surface area contributed by atoms with E-state index in [4.69, 9.17) is 9.47 Å². The zero-order valence-corrected chi connectivity index (χ0v) is 14.8. The van der Waals surface area contributed by atoms with Crippen LogP contribution in [-0.2, 0) is 11.3 Å². The lowest BCUT2D eigenvalue weighted by Gasteiger charge is -2.10. The van der Waals surface area contributed by atoms with E-state index in [0.717, 1.165) is 10.2 Å². The Bertz CT molecular complexity index is 961. The summed E-state index contributed by atoms with van der Waals surface area (Å²) in [7, 11) is 1.55. The molecule has 0 aliphatic carbocycles. The van der Waals surface area contributed by atoms with Gasteiger partial charge in [-0.2, -0.15) is 0 Å². The molecule has 0 atom stereocenters. The van der Waals surface area contributed by atoms with Gasteiger partial charge in [-0.3, -0.25) is 14.2 Å². The van der Waals surface area contributed by atoms with Gasteiger partial charge in [0.25, 0.3) is 5.91 Å². The van der Waals surface area contributed by atoms with E-state index in [-0.39, 0.29) is 17.4 Å². The molecule has 0 saturated heterocycles. The number of carbonyl (C=O) groups excluding carboxylic acids is 1. The van der Waals surface area contributed by atoms with Crippen molar-refractivity contribution in [1.29, 1.82) is 0 Å². The number of hydrogen-bond acceptors (Lipinski definition) is 5. The highest BCUT2D eigenvalue weighted by Gasteiger charge is 2.10. The van der Waals surface area contributed by atoms with Gasteiger partial charge in [0.2, 0.25) is 0 Å². The van der Waals surface area contributed by atoms with Crippen LogP contribution in [0, 0.1) is 0 Å². The lowest BCUT2D eigenvalue weighted by Crippen LogP contribution is -2.20. The van der Waals surface area contributed by atoms with Gasteiger partial charge in [0, 0.05) is 12.2 Å². The van der Waals surface area contributed by atoms with Crippen molar-refractivity contribution in [1.82, 2.24) is 4.57 Å². The summed E-state index contributed by atoms with van der Waals surface area (Å²) < 4.78 is 13.2. The average molecular weight is 358 g/mol. The van der Waals surface area contributed by atoms with Gasteiger partial charge in [-0.15, -0.1) is 0 Å². The fraction of sp³-hybridized carbons (Fsp3) is 0.222. The Balaban J connectivity index is 1.68. The Morgan fingerprint density at radius 2 is 1.96 bits per heavy atom. The van der Waals surface area contributed by atoms with E-state index >= 15 is 0 Å². The molecule has 6 nitrogen and oxygen atoms in total. The molecule has 0 fully saturated rings. The van der Waals surface area contributed by atoms with Gasteiger partial charge in [0.15, 0.2) is 18.1 Å². The molecule has 0 unspecified atom stereocenters. The van der Waals surface area contributed by atoms with Gasteiger partial charge in [-0.05, 0) is 37.3 Å². The fourth-order valence-electron chi connectivity index (χ4n) is 2.52. The van der Waals surface area contributed by atoms with Crippen molar-refractivity contribution in [2.75, 3.05) is 19.0 Å². The minimum atomic E-state index is -0.285. The Kier molecular flexibility index (Phi) is 5.04. The van der Waals surface area contributed by atoms with E-state index in [1.807, 2.05) is 25.1 Å². The molecule has 3 aromatic rings. The van der Waals surface area contributed by atoms with Crippen molar-refractivity contribution in [2.24, 2.45) is 0 Å². The van der Waals surface area contributed by atoms with Gasteiger partial charge in [-0.1, -0.05) is 23.5 Å². The molecular formula is C18H18N2O4S. The van der Waals surface area contributed by atoms with E-state index in [2.05, 4.69) is 5.32 Å². The molecule has 0 bridgehead atoms. The molecule has 7 heteroatoms. The molecule has 0 radical (unpaired) electrons. The van der Waals surface area contributed by atoms with Crippen LogP contribution in [0.4, 0.5) is 5.69 Å². The number of methoxy groups -OCH3 is 1. The fourth-order valence-corrected chi connectivity index (χ4v) is 3.52. The Morgan fingerprint density at radius 1 is 1.20 bits per heavy atom. The van der Waals surface area contributed by atoms with Gasteiger partial charge >= 0.3 is 4.87 Å². The number of rotatable bonds is 6. The SMILES string of the molecule is CCn1c(=O)sc2cc(NC(=O)COc3ccccc3OC)ccc21. The molecule has 3 rings (SSSR count). The lowest BCUT2D eigenvalue weighted by molar-refractivity contribution is -0.118. The van der Waals surface area contributed by atoms with Crippen molar-refractivity contribution < 1.29 is 14.3 Å².